The van der Waals surface area contributed by atoms with Crippen molar-refractivity contribution in [2.45, 2.75) is 26.2 Å². The molecule has 0 radical (unpaired) electrons. The molecule has 0 spiro atoms. The molecule has 3 nitrogen and oxygen atoms in total. The van der Waals surface area contributed by atoms with Crippen molar-refractivity contribution in [1.82, 2.24) is 5.16 Å². The normalized spacial score (nSPS) is 11.8. The SMILES string of the molecule is CC(C)(C)c1noc(N)c1-c1ccc(Br)cc1. The Morgan fingerprint density at radius 1 is 1.18 bits per heavy atom. The van der Waals surface area contributed by atoms with E-state index in [0.717, 1.165) is 21.3 Å². The smallest absolute Gasteiger partial charge is 0.230 e. The quantitative estimate of drug-likeness (QED) is 0.865. The molecule has 0 aliphatic heterocycles. The lowest BCUT2D eigenvalue weighted by atomic mass is 9.87. The highest BCUT2D eigenvalue weighted by atomic mass is 79.9. The molecule has 4 heteroatoms. The summed E-state index contributed by atoms with van der Waals surface area (Å²) in [5.41, 5.74) is 8.58. The molecule has 17 heavy (non-hydrogen) atoms. The Kier molecular flexibility index (Phi) is 3.00. The van der Waals surface area contributed by atoms with E-state index in [4.69, 9.17) is 10.3 Å². The van der Waals surface area contributed by atoms with E-state index in [1.807, 2.05) is 24.3 Å². The number of rotatable bonds is 1. The maximum Gasteiger partial charge on any atom is 0.230 e. The Hall–Kier alpha value is -1.29. The van der Waals surface area contributed by atoms with Gasteiger partial charge in [-0.05, 0) is 17.7 Å². The largest absolute Gasteiger partial charge is 0.367 e. The molecule has 0 aliphatic rings. The van der Waals surface area contributed by atoms with Gasteiger partial charge in [-0.1, -0.05) is 54.0 Å². The summed E-state index contributed by atoms with van der Waals surface area (Å²) in [4.78, 5) is 0. The van der Waals surface area contributed by atoms with E-state index in [1.165, 1.54) is 0 Å². The molecule has 2 aromatic rings. The number of halogens is 1. The molecule has 0 atom stereocenters. The minimum atomic E-state index is -0.0937. The standard InChI is InChI=1S/C13H15BrN2O/c1-13(2,3)11-10(12(15)17-16-11)8-4-6-9(14)7-5-8/h4-7H,15H2,1-3H3. The van der Waals surface area contributed by atoms with E-state index in [0.29, 0.717) is 5.88 Å². The van der Waals surface area contributed by atoms with Gasteiger partial charge in [-0.25, -0.2) is 0 Å². The van der Waals surface area contributed by atoms with Gasteiger partial charge in [-0.2, -0.15) is 0 Å². The fourth-order valence-electron chi connectivity index (χ4n) is 1.71. The van der Waals surface area contributed by atoms with Crippen LogP contribution in [0.3, 0.4) is 0 Å². The fraction of sp³-hybridized carbons (Fsp3) is 0.308. The number of hydrogen-bond acceptors (Lipinski definition) is 3. The summed E-state index contributed by atoms with van der Waals surface area (Å²) < 4.78 is 6.16. The molecule has 90 valence electrons. The van der Waals surface area contributed by atoms with Gasteiger partial charge in [0.1, 0.15) is 0 Å². The fourth-order valence-corrected chi connectivity index (χ4v) is 1.97. The lowest BCUT2D eigenvalue weighted by Gasteiger charge is -2.16. The first-order valence-electron chi connectivity index (χ1n) is 5.41. The van der Waals surface area contributed by atoms with Crippen LogP contribution in [0.15, 0.2) is 33.3 Å². The van der Waals surface area contributed by atoms with Crippen LogP contribution >= 0.6 is 15.9 Å². The van der Waals surface area contributed by atoms with Crippen molar-refractivity contribution in [3.8, 4) is 11.1 Å². The van der Waals surface area contributed by atoms with Gasteiger partial charge in [0.25, 0.3) is 0 Å². The number of hydrogen-bond donors (Lipinski definition) is 1. The van der Waals surface area contributed by atoms with Crippen molar-refractivity contribution in [3.05, 3.63) is 34.4 Å². The molecule has 0 unspecified atom stereocenters. The maximum absolute atomic E-state index is 5.87. The van der Waals surface area contributed by atoms with Crippen molar-refractivity contribution in [2.75, 3.05) is 5.73 Å². The number of aromatic nitrogens is 1. The molecule has 2 rings (SSSR count). The van der Waals surface area contributed by atoms with Crippen LogP contribution in [0.1, 0.15) is 26.5 Å². The molecular formula is C13H15BrN2O. The van der Waals surface area contributed by atoms with Gasteiger partial charge in [0, 0.05) is 9.89 Å². The minimum Gasteiger partial charge on any atom is -0.367 e. The maximum atomic E-state index is 5.87. The second-order valence-corrected chi connectivity index (χ2v) is 5.94. The second-order valence-electron chi connectivity index (χ2n) is 5.03. The molecule has 0 saturated heterocycles. The summed E-state index contributed by atoms with van der Waals surface area (Å²) in [5, 5.41) is 4.07. The first kappa shape index (κ1) is 12.2. The third kappa shape index (κ3) is 2.36. The molecule has 1 aromatic carbocycles. The molecule has 0 amide bonds. The van der Waals surface area contributed by atoms with Crippen LogP contribution in [0, 0.1) is 0 Å². The topological polar surface area (TPSA) is 52.0 Å². The summed E-state index contributed by atoms with van der Waals surface area (Å²) in [7, 11) is 0. The second kappa shape index (κ2) is 4.18. The van der Waals surface area contributed by atoms with E-state index in [2.05, 4.69) is 41.9 Å². The van der Waals surface area contributed by atoms with Crippen LogP contribution in [0.4, 0.5) is 5.88 Å². The van der Waals surface area contributed by atoms with Gasteiger partial charge in [-0.3, -0.25) is 0 Å². The van der Waals surface area contributed by atoms with Crippen molar-refractivity contribution in [3.63, 3.8) is 0 Å². The molecule has 2 N–H and O–H groups in total. The lowest BCUT2D eigenvalue weighted by molar-refractivity contribution is 0.405. The summed E-state index contributed by atoms with van der Waals surface area (Å²) in [6.45, 7) is 6.27. The molecule has 0 aliphatic carbocycles. The van der Waals surface area contributed by atoms with Gasteiger partial charge in [0.15, 0.2) is 0 Å². The Morgan fingerprint density at radius 3 is 2.29 bits per heavy atom. The Labute approximate surface area is 109 Å². The number of anilines is 1. The summed E-state index contributed by atoms with van der Waals surface area (Å²) in [6.07, 6.45) is 0. The van der Waals surface area contributed by atoms with E-state index >= 15 is 0 Å². The van der Waals surface area contributed by atoms with E-state index in [9.17, 15) is 0 Å². The molecule has 0 bridgehead atoms. The zero-order chi connectivity index (χ0) is 12.6. The van der Waals surface area contributed by atoms with Crippen molar-refractivity contribution < 1.29 is 4.52 Å². The summed E-state index contributed by atoms with van der Waals surface area (Å²) in [6, 6.07) is 7.97. The minimum absolute atomic E-state index is 0.0937. The van der Waals surface area contributed by atoms with Crippen LogP contribution < -0.4 is 5.73 Å². The van der Waals surface area contributed by atoms with E-state index in [-0.39, 0.29) is 5.41 Å². The Balaban J connectivity index is 2.59. The van der Waals surface area contributed by atoms with E-state index < -0.39 is 0 Å². The average molecular weight is 295 g/mol. The van der Waals surface area contributed by atoms with Crippen molar-refractivity contribution >= 4 is 21.8 Å². The molecular weight excluding hydrogens is 280 g/mol. The zero-order valence-corrected chi connectivity index (χ0v) is 11.7. The third-order valence-electron chi connectivity index (χ3n) is 2.56. The number of benzene rings is 1. The predicted octanol–water partition coefficient (Wildman–Crippen LogP) is 3.98. The summed E-state index contributed by atoms with van der Waals surface area (Å²) >= 11 is 3.41. The van der Waals surface area contributed by atoms with Crippen LogP contribution in [0.25, 0.3) is 11.1 Å². The molecule has 0 saturated carbocycles. The van der Waals surface area contributed by atoms with Gasteiger partial charge in [0.2, 0.25) is 5.88 Å². The monoisotopic (exact) mass is 294 g/mol. The van der Waals surface area contributed by atoms with Crippen LogP contribution in [-0.2, 0) is 5.41 Å². The third-order valence-corrected chi connectivity index (χ3v) is 3.09. The Bertz CT molecular complexity index is 523. The highest BCUT2D eigenvalue weighted by Gasteiger charge is 2.25. The van der Waals surface area contributed by atoms with Gasteiger partial charge in [-0.15, -0.1) is 0 Å². The predicted molar refractivity (Wildman–Crippen MR) is 72.8 cm³/mol. The molecule has 0 fully saturated rings. The van der Waals surface area contributed by atoms with Crippen LogP contribution in [0.2, 0.25) is 0 Å². The van der Waals surface area contributed by atoms with Gasteiger partial charge in [0.05, 0.1) is 11.3 Å². The van der Waals surface area contributed by atoms with Crippen molar-refractivity contribution in [1.29, 1.82) is 0 Å². The number of nitrogens with two attached hydrogens (primary N) is 1. The molecule has 1 aromatic heterocycles. The Morgan fingerprint density at radius 2 is 1.76 bits per heavy atom. The van der Waals surface area contributed by atoms with Gasteiger partial charge < -0.3 is 10.3 Å². The highest BCUT2D eigenvalue weighted by Crippen LogP contribution is 2.36. The first-order chi connectivity index (χ1) is 7.89. The first-order valence-corrected chi connectivity index (χ1v) is 6.20. The molecule has 1 heterocycles. The highest BCUT2D eigenvalue weighted by molar-refractivity contribution is 9.10. The van der Waals surface area contributed by atoms with Crippen molar-refractivity contribution in [2.24, 2.45) is 0 Å². The lowest BCUT2D eigenvalue weighted by Crippen LogP contribution is -2.13. The van der Waals surface area contributed by atoms with E-state index in [1.54, 1.807) is 0 Å². The summed E-state index contributed by atoms with van der Waals surface area (Å²) in [5.74, 6) is 0.372. The number of nitrogens with zero attached hydrogens (tertiary/aromatic N) is 1. The van der Waals surface area contributed by atoms with Gasteiger partial charge >= 0.3 is 0 Å². The van der Waals surface area contributed by atoms with Crippen LogP contribution in [0.5, 0.6) is 0 Å². The number of nitrogen functional groups attached to an aromatic ring is 1. The average Bonchev–Trinajstić information content (AvgIpc) is 2.61. The zero-order valence-electron chi connectivity index (χ0n) is 10.1. The van der Waals surface area contributed by atoms with Crippen LogP contribution in [-0.4, -0.2) is 5.16 Å².